The molecule has 2 heterocycles. The molecule has 7 nitrogen and oxygen atoms in total. The maximum atomic E-state index is 11.6. The van der Waals surface area contributed by atoms with Crippen LogP contribution in [0, 0.1) is 0 Å². The van der Waals surface area contributed by atoms with E-state index >= 15 is 0 Å². The van der Waals surface area contributed by atoms with Crippen molar-refractivity contribution < 1.29 is 14.1 Å². The molecule has 7 heteroatoms. The van der Waals surface area contributed by atoms with Crippen LogP contribution in [0.1, 0.15) is 36.3 Å². The van der Waals surface area contributed by atoms with Crippen molar-refractivity contribution in [3.63, 3.8) is 0 Å². The first-order chi connectivity index (χ1) is 8.72. The minimum absolute atomic E-state index is 0.0613. The first-order valence-corrected chi connectivity index (χ1v) is 6.12. The Hall–Kier alpha value is -1.47. The van der Waals surface area contributed by atoms with Crippen LogP contribution in [0.3, 0.4) is 0 Å². The summed E-state index contributed by atoms with van der Waals surface area (Å²) in [6, 6.07) is 0. The Morgan fingerprint density at radius 2 is 2.22 bits per heavy atom. The Morgan fingerprint density at radius 3 is 2.83 bits per heavy atom. The number of rotatable bonds is 4. The number of carbonyl (C=O) groups excluding carboxylic acids is 1. The van der Waals surface area contributed by atoms with E-state index < -0.39 is 0 Å². The molecule has 3 N–H and O–H groups in total. The van der Waals surface area contributed by atoms with Gasteiger partial charge in [-0.25, -0.2) is 0 Å². The van der Waals surface area contributed by atoms with Crippen molar-refractivity contribution in [3.8, 4) is 0 Å². The summed E-state index contributed by atoms with van der Waals surface area (Å²) in [4.78, 5) is 15.8. The second kappa shape index (κ2) is 5.45. The standard InChI is InChI=1S/C11H18N4O3/c1-2-13-9(16)8-14-10(18-15-8)11(7-12)3-5-17-6-4-11/h2-7,12H2,1H3,(H,13,16). The van der Waals surface area contributed by atoms with Crippen LogP contribution in [-0.2, 0) is 10.2 Å². The minimum atomic E-state index is -0.351. The summed E-state index contributed by atoms with van der Waals surface area (Å²) < 4.78 is 10.5. The van der Waals surface area contributed by atoms with Gasteiger partial charge in [0.25, 0.3) is 11.7 Å². The molecule has 2 rings (SSSR count). The third-order valence-electron chi connectivity index (χ3n) is 3.26. The normalized spacial score (nSPS) is 18.6. The van der Waals surface area contributed by atoms with Gasteiger partial charge in [0.2, 0.25) is 5.89 Å². The fraction of sp³-hybridized carbons (Fsp3) is 0.727. The summed E-state index contributed by atoms with van der Waals surface area (Å²) in [7, 11) is 0. The van der Waals surface area contributed by atoms with Gasteiger partial charge in [-0.05, 0) is 19.8 Å². The van der Waals surface area contributed by atoms with Gasteiger partial charge in [0.15, 0.2) is 0 Å². The van der Waals surface area contributed by atoms with Crippen LogP contribution in [-0.4, -0.2) is 42.4 Å². The van der Waals surface area contributed by atoms with Crippen molar-refractivity contribution in [3.05, 3.63) is 11.7 Å². The molecule has 0 atom stereocenters. The number of ether oxygens (including phenoxy) is 1. The summed E-state index contributed by atoms with van der Waals surface area (Å²) in [6.45, 7) is 4.01. The summed E-state index contributed by atoms with van der Waals surface area (Å²) in [5.74, 6) is 0.174. The lowest BCUT2D eigenvalue weighted by molar-refractivity contribution is 0.0408. The van der Waals surface area contributed by atoms with E-state index in [1.807, 2.05) is 6.92 Å². The van der Waals surface area contributed by atoms with Crippen LogP contribution in [0.4, 0.5) is 0 Å². The number of nitrogens with two attached hydrogens (primary N) is 1. The number of nitrogens with zero attached hydrogens (tertiary/aromatic N) is 2. The Bertz CT molecular complexity index is 412. The molecule has 0 bridgehead atoms. The highest BCUT2D eigenvalue weighted by Crippen LogP contribution is 2.32. The van der Waals surface area contributed by atoms with Crippen molar-refractivity contribution in [2.24, 2.45) is 5.73 Å². The smallest absolute Gasteiger partial charge is 0.292 e. The molecular formula is C11H18N4O3. The summed E-state index contributed by atoms with van der Waals surface area (Å²) >= 11 is 0. The molecule has 0 spiro atoms. The summed E-state index contributed by atoms with van der Waals surface area (Å²) in [5, 5.41) is 6.34. The third-order valence-corrected chi connectivity index (χ3v) is 3.26. The molecule has 1 aromatic rings. The predicted octanol–water partition coefficient (Wildman–Crippen LogP) is -0.174. The Balaban J connectivity index is 2.19. The number of carbonyl (C=O) groups is 1. The maximum absolute atomic E-state index is 11.6. The van der Waals surface area contributed by atoms with E-state index in [2.05, 4.69) is 15.5 Å². The number of hydrogen-bond acceptors (Lipinski definition) is 6. The molecule has 100 valence electrons. The second-order valence-electron chi connectivity index (χ2n) is 4.38. The molecule has 1 fully saturated rings. The molecule has 18 heavy (non-hydrogen) atoms. The first-order valence-electron chi connectivity index (χ1n) is 6.12. The zero-order chi connectivity index (χ0) is 13.0. The van der Waals surface area contributed by atoms with Gasteiger partial charge >= 0.3 is 0 Å². The lowest BCUT2D eigenvalue weighted by atomic mass is 9.80. The monoisotopic (exact) mass is 254 g/mol. The maximum Gasteiger partial charge on any atom is 0.292 e. The van der Waals surface area contributed by atoms with Crippen molar-refractivity contribution in [1.29, 1.82) is 0 Å². The molecule has 0 aliphatic carbocycles. The Labute approximate surface area is 105 Å². The molecular weight excluding hydrogens is 236 g/mol. The Morgan fingerprint density at radius 1 is 1.50 bits per heavy atom. The van der Waals surface area contributed by atoms with Crippen LogP contribution in [0.2, 0.25) is 0 Å². The van der Waals surface area contributed by atoms with Gasteiger partial charge in [-0.1, -0.05) is 5.16 Å². The number of amides is 1. The van der Waals surface area contributed by atoms with Crippen LogP contribution in [0.15, 0.2) is 4.52 Å². The molecule has 0 unspecified atom stereocenters. The lowest BCUT2D eigenvalue weighted by Crippen LogP contribution is -2.41. The van der Waals surface area contributed by atoms with Gasteiger partial charge in [-0.2, -0.15) is 4.98 Å². The molecule has 0 saturated carbocycles. The van der Waals surface area contributed by atoms with Crippen molar-refractivity contribution in [1.82, 2.24) is 15.5 Å². The van der Waals surface area contributed by atoms with E-state index in [-0.39, 0.29) is 17.1 Å². The molecule has 0 aromatic carbocycles. The van der Waals surface area contributed by atoms with Gasteiger partial charge in [0.05, 0.1) is 5.41 Å². The van der Waals surface area contributed by atoms with E-state index in [9.17, 15) is 4.79 Å². The molecule has 1 amide bonds. The van der Waals surface area contributed by atoms with Crippen LogP contribution < -0.4 is 11.1 Å². The van der Waals surface area contributed by atoms with Gasteiger partial charge in [-0.3, -0.25) is 4.79 Å². The zero-order valence-electron chi connectivity index (χ0n) is 10.4. The third kappa shape index (κ3) is 2.37. The second-order valence-corrected chi connectivity index (χ2v) is 4.38. The van der Waals surface area contributed by atoms with E-state index in [0.29, 0.717) is 32.2 Å². The quantitative estimate of drug-likeness (QED) is 0.773. The van der Waals surface area contributed by atoms with Crippen LogP contribution >= 0.6 is 0 Å². The minimum Gasteiger partial charge on any atom is -0.381 e. The molecule has 1 saturated heterocycles. The largest absolute Gasteiger partial charge is 0.381 e. The molecule has 1 aliphatic heterocycles. The molecule has 1 aromatic heterocycles. The van der Waals surface area contributed by atoms with E-state index in [1.165, 1.54) is 0 Å². The lowest BCUT2D eigenvalue weighted by Gasteiger charge is -2.32. The average Bonchev–Trinajstić information content (AvgIpc) is 2.90. The highest BCUT2D eigenvalue weighted by atomic mass is 16.5. The zero-order valence-corrected chi connectivity index (χ0v) is 10.4. The average molecular weight is 254 g/mol. The molecule has 1 aliphatic rings. The fourth-order valence-electron chi connectivity index (χ4n) is 2.04. The number of aromatic nitrogens is 2. The van der Waals surface area contributed by atoms with Crippen molar-refractivity contribution >= 4 is 5.91 Å². The Kier molecular flexibility index (Phi) is 3.93. The van der Waals surface area contributed by atoms with Crippen molar-refractivity contribution in [2.75, 3.05) is 26.3 Å². The highest BCUT2D eigenvalue weighted by molar-refractivity contribution is 5.90. The van der Waals surface area contributed by atoms with Gasteiger partial charge in [-0.15, -0.1) is 0 Å². The van der Waals surface area contributed by atoms with Crippen molar-refractivity contribution in [2.45, 2.75) is 25.2 Å². The highest BCUT2D eigenvalue weighted by Gasteiger charge is 2.39. The van der Waals surface area contributed by atoms with E-state index in [0.717, 1.165) is 12.8 Å². The van der Waals surface area contributed by atoms with E-state index in [4.69, 9.17) is 15.0 Å². The SMILES string of the molecule is CCNC(=O)c1noc(C2(CN)CCOCC2)n1. The summed E-state index contributed by atoms with van der Waals surface area (Å²) in [6.07, 6.45) is 1.47. The van der Waals surface area contributed by atoms with Gasteiger partial charge in [0.1, 0.15) is 0 Å². The van der Waals surface area contributed by atoms with Gasteiger partial charge in [0, 0.05) is 26.3 Å². The first kappa shape index (κ1) is 13.0. The molecule has 0 radical (unpaired) electrons. The van der Waals surface area contributed by atoms with Crippen LogP contribution in [0.5, 0.6) is 0 Å². The fourth-order valence-corrected chi connectivity index (χ4v) is 2.04. The summed E-state index contributed by atoms with van der Waals surface area (Å²) in [5.41, 5.74) is 5.48. The number of nitrogens with one attached hydrogen (secondary N) is 1. The number of hydrogen-bond donors (Lipinski definition) is 2. The topological polar surface area (TPSA) is 103 Å². The van der Waals surface area contributed by atoms with E-state index in [1.54, 1.807) is 0 Å². The predicted molar refractivity (Wildman–Crippen MR) is 63.1 cm³/mol. The van der Waals surface area contributed by atoms with Crippen LogP contribution in [0.25, 0.3) is 0 Å². The van der Waals surface area contributed by atoms with Gasteiger partial charge < -0.3 is 20.3 Å².